The highest BCUT2D eigenvalue weighted by atomic mass is 16.5. The van der Waals surface area contributed by atoms with E-state index in [1.807, 2.05) is 0 Å². The van der Waals surface area contributed by atoms with E-state index in [2.05, 4.69) is 18.8 Å². The third-order valence-corrected chi connectivity index (χ3v) is 6.91. The van der Waals surface area contributed by atoms with Gasteiger partial charge in [-0.25, -0.2) is 0 Å². The van der Waals surface area contributed by atoms with E-state index in [0.717, 1.165) is 25.7 Å². The predicted molar refractivity (Wildman–Crippen MR) is 139 cm³/mol. The molecule has 4 unspecified atom stereocenters. The zero-order chi connectivity index (χ0) is 26.9. The van der Waals surface area contributed by atoms with Crippen molar-refractivity contribution in [3.8, 4) is 11.5 Å². The number of amides is 2. The van der Waals surface area contributed by atoms with Crippen LogP contribution in [0.3, 0.4) is 0 Å². The maximum absolute atomic E-state index is 13.3. The van der Waals surface area contributed by atoms with E-state index in [1.165, 1.54) is 7.11 Å². The van der Waals surface area contributed by atoms with Gasteiger partial charge < -0.3 is 29.9 Å². The van der Waals surface area contributed by atoms with Gasteiger partial charge in [0, 0.05) is 36.2 Å². The Morgan fingerprint density at radius 2 is 2.05 bits per heavy atom. The van der Waals surface area contributed by atoms with Gasteiger partial charge in [0.1, 0.15) is 18.5 Å². The molecule has 0 aromatic heterocycles. The summed E-state index contributed by atoms with van der Waals surface area (Å²) in [5.74, 6) is -0.569. The minimum absolute atomic E-state index is 0.0468. The van der Waals surface area contributed by atoms with E-state index in [0.29, 0.717) is 47.5 Å². The average Bonchev–Trinajstić information content (AvgIpc) is 3.30. The first kappa shape index (κ1) is 28.4. The zero-order valence-corrected chi connectivity index (χ0v) is 21.7. The normalized spacial score (nSPS) is 21.7. The van der Waals surface area contributed by atoms with Crippen molar-refractivity contribution in [2.24, 2.45) is 0 Å². The van der Waals surface area contributed by atoms with Gasteiger partial charge in [0.2, 0.25) is 11.8 Å². The van der Waals surface area contributed by atoms with Crippen molar-refractivity contribution < 1.29 is 34.1 Å². The van der Waals surface area contributed by atoms with Gasteiger partial charge in [-0.2, -0.15) is 0 Å². The number of unbranched alkanes of at least 4 members (excludes halogenated alkanes) is 3. The van der Waals surface area contributed by atoms with Crippen LogP contribution < -0.4 is 14.8 Å². The molecule has 0 fully saturated rings. The fourth-order valence-corrected chi connectivity index (χ4v) is 5.08. The predicted octanol–water partition coefficient (Wildman–Crippen LogP) is 2.51. The number of nitrogens with one attached hydrogen (secondary N) is 1. The van der Waals surface area contributed by atoms with Crippen LogP contribution in [0, 0.1) is 0 Å². The third-order valence-electron chi connectivity index (χ3n) is 6.91. The van der Waals surface area contributed by atoms with Gasteiger partial charge in [-0.1, -0.05) is 32.3 Å². The molecule has 3 N–H and O–H groups in total. The van der Waals surface area contributed by atoms with Gasteiger partial charge in [-0.3, -0.25) is 14.4 Å². The molecule has 1 aliphatic carbocycles. The van der Waals surface area contributed by atoms with E-state index >= 15 is 0 Å². The summed E-state index contributed by atoms with van der Waals surface area (Å²) in [5.41, 5.74) is 1.22. The van der Waals surface area contributed by atoms with Crippen LogP contribution in [0.25, 0.3) is 0 Å². The van der Waals surface area contributed by atoms with Crippen LogP contribution in [-0.2, 0) is 9.59 Å². The summed E-state index contributed by atoms with van der Waals surface area (Å²) in [7, 11) is 1.45. The standard InChI is InChI=1S/C28H38N2O7/c1-4-6-8-9-12-30(23(33)10-7-5-2)21-16-20(28(35)29-11-13-31)24-19-14-18(17-32)15-22(36-3)26(19)37-27(24)25(21)34/h5,14-17,21,24-25,27,31,34H,2,4,6-13H2,1,3H3,(H,29,35). The second-order valence-corrected chi connectivity index (χ2v) is 9.38. The molecule has 202 valence electrons. The van der Waals surface area contributed by atoms with E-state index < -0.39 is 30.1 Å². The number of benzene rings is 1. The highest BCUT2D eigenvalue weighted by molar-refractivity contribution is 5.96. The van der Waals surface area contributed by atoms with Crippen molar-refractivity contribution in [2.75, 3.05) is 26.8 Å². The SMILES string of the molecule is C=CCCC(=O)N(CCCCCC)C1C=C(C(=O)NCCO)C2c3cc(C=O)cc(OC)c3OC2C1O. The molecule has 0 saturated carbocycles. The molecule has 1 aromatic rings. The highest BCUT2D eigenvalue weighted by Crippen LogP contribution is 2.51. The smallest absolute Gasteiger partial charge is 0.247 e. The first-order chi connectivity index (χ1) is 17.9. The summed E-state index contributed by atoms with van der Waals surface area (Å²) in [4.78, 5) is 39.8. The van der Waals surface area contributed by atoms with Crippen LogP contribution in [0.1, 0.15) is 67.3 Å². The quantitative estimate of drug-likeness (QED) is 0.198. The van der Waals surface area contributed by atoms with Crippen molar-refractivity contribution in [3.63, 3.8) is 0 Å². The topological polar surface area (TPSA) is 125 Å². The molecule has 2 amide bonds. The Bertz CT molecular complexity index is 1020. The lowest BCUT2D eigenvalue weighted by Gasteiger charge is -2.41. The number of allylic oxidation sites excluding steroid dienone is 1. The zero-order valence-electron chi connectivity index (χ0n) is 21.7. The summed E-state index contributed by atoms with van der Waals surface area (Å²) >= 11 is 0. The molecule has 0 saturated heterocycles. The summed E-state index contributed by atoms with van der Waals surface area (Å²) in [5, 5.41) is 23.5. The lowest BCUT2D eigenvalue weighted by molar-refractivity contribution is -0.137. The van der Waals surface area contributed by atoms with E-state index in [-0.39, 0.29) is 25.5 Å². The van der Waals surface area contributed by atoms with Crippen LogP contribution in [0.4, 0.5) is 0 Å². The fourth-order valence-electron chi connectivity index (χ4n) is 5.08. The minimum atomic E-state index is -1.13. The molecule has 1 aromatic carbocycles. The maximum Gasteiger partial charge on any atom is 0.247 e. The van der Waals surface area contributed by atoms with Crippen molar-refractivity contribution in [1.29, 1.82) is 0 Å². The Labute approximate surface area is 218 Å². The van der Waals surface area contributed by atoms with E-state index in [1.54, 1.807) is 29.2 Å². The van der Waals surface area contributed by atoms with Crippen molar-refractivity contribution in [2.45, 2.75) is 69.6 Å². The summed E-state index contributed by atoms with van der Waals surface area (Å²) in [6.45, 7) is 6.06. The molecule has 0 radical (unpaired) electrons. The lowest BCUT2D eigenvalue weighted by atomic mass is 9.77. The van der Waals surface area contributed by atoms with Gasteiger partial charge in [0.15, 0.2) is 11.5 Å². The van der Waals surface area contributed by atoms with Gasteiger partial charge in [0.25, 0.3) is 0 Å². The number of aliphatic hydroxyl groups is 2. The number of methoxy groups -OCH3 is 1. The van der Waals surface area contributed by atoms with Crippen LogP contribution in [0.2, 0.25) is 0 Å². The summed E-state index contributed by atoms with van der Waals surface area (Å²) < 4.78 is 11.6. The molecule has 3 rings (SSSR count). The van der Waals surface area contributed by atoms with Crippen molar-refractivity contribution in [1.82, 2.24) is 10.2 Å². The fraction of sp³-hybridized carbons (Fsp3) is 0.536. The molecular formula is C28H38N2O7. The molecule has 0 spiro atoms. The average molecular weight is 515 g/mol. The Morgan fingerprint density at radius 1 is 1.27 bits per heavy atom. The Hall–Kier alpha value is -3.17. The lowest BCUT2D eigenvalue weighted by Crippen LogP contribution is -2.56. The summed E-state index contributed by atoms with van der Waals surface area (Å²) in [6, 6.07) is 2.38. The number of carbonyl (C=O) groups excluding carboxylic acids is 3. The van der Waals surface area contributed by atoms with Crippen LogP contribution in [0.15, 0.2) is 36.4 Å². The van der Waals surface area contributed by atoms with Crippen LogP contribution >= 0.6 is 0 Å². The molecule has 9 heteroatoms. The molecule has 2 aliphatic rings. The molecule has 4 atom stereocenters. The van der Waals surface area contributed by atoms with Crippen LogP contribution in [-0.4, -0.2) is 78.3 Å². The minimum Gasteiger partial charge on any atom is -0.493 e. The molecule has 1 aliphatic heterocycles. The molecule has 37 heavy (non-hydrogen) atoms. The third kappa shape index (κ3) is 6.22. The van der Waals surface area contributed by atoms with Crippen LogP contribution in [0.5, 0.6) is 11.5 Å². The van der Waals surface area contributed by atoms with E-state index in [9.17, 15) is 24.6 Å². The van der Waals surface area contributed by atoms with Crippen molar-refractivity contribution >= 4 is 18.1 Å². The first-order valence-corrected chi connectivity index (χ1v) is 12.9. The molecule has 0 bridgehead atoms. The Kier molecular flexibility index (Phi) is 10.3. The molecular weight excluding hydrogens is 476 g/mol. The number of fused-ring (bicyclic) bond motifs is 3. The summed E-state index contributed by atoms with van der Waals surface area (Å²) in [6.07, 6.45) is 6.54. The van der Waals surface area contributed by atoms with Gasteiger partial charge in [-0.15, -0.1) is 6.58 Å². The number of hydrogen-bond donors (Lipinski definition) is 3. The second kappa shape index (κ2) is 13.4. The maximum atomic E-state index is 13.3. The Balaban J connectivity index is 2.06. The number of aldehydes is 1. The molecule has 1 heterocycles. The number of aliphatic hydroxyl groups excluding tert-OH is 2. The number of hydrogen-bond acceptors (Lipinski definition) is 7. The van der Waals surface area contributed by atoms with E-state index in [4.69, 9.17) is 9.47 Å². The number of ether oxygens (including phenoxy) is 2. The van der Waals surface area contributed by atoms with Gasteiger partial charge in [0.05, 0.1) is 25.7 Å². The monoisotopic (exact) mass is 514 g/mol. The van der Waals surface area contributed by atoms with Gasteiger partial charge >= 0.3 is 0 Å². The second-order valence-electron chi connectivity index (χ2n) is 9.38. The molecule has 9 nitrogen and oxygen atoms in total. The number of carbonyl (C=O) groups is 3. The number of nitrogens with zero attached hydrogens (tertiary/aromatic N) is 1. The number of rotatable bonds is 14. The van der Waals surface area contributed by atoms with Gasteiger partial charge in [-0.05, 0) is 31.1 Å². The first-order valence-electron chi connectivity index (χ1n) is 12.9. The largest absolute Gasteiger partial charge is 0.493 e. The van der Waals surface area contributed by atoms with Crippen molar-refractivity contribution in [3.05, 3.63) is 47.6 Å². The Morgan fingerprint density at radius 3 is 2.70 bits per heavy atom. The highest BCUT2D eigenvalue weighted by Gasteiger charge is 2.51.